The normalized spacial score (nSPS) is 11.9. The van der Waals surface area contributed by atoms with Crippen molar-refractivity contribution in [2.24, 2.45) is 0 Å². The summed E-state index contributed by atoms with van der Waals surface area (Å²) in [5.41, 5.74) is 1.52. The zero-order chi connectivity index (χ0) is 20.0. The van der Waals surface area contributed by atoms with Crippen molar-refractivity contribution in [1.82, 2.24) is 0 Å². The molecule has 0 saturated heterocycles. The van der Waals surface area contributed by atoms with Crippen LogP contribution in [0.2, 0.25) is 10.0 Å². The number of hydrogen-bond acceptors (Lipinski definition) is 4. The zero-order valence-electron chi connectivity index (χ0n) is 14.7. The maximum absolute atomic E-state index is 12.1. The Morgan fingerprint density at radius 2 is 1.63 bits per heavy atom. The second kappa shape index (κ2) is 9.35. The predicted octanol–water partition coefficient (Wildman–Crippen LogP) is 4.78. The number of rotatable bonds is 6. The first-order chi connectivity index (χ1) is 12.8. The highest BCUT2D eigenvalue weighted by Crippen LogP contribution is 2.25. The first-order valence-electron chi connectivity index (χ1n) is 8.02. The summed E-state index contributed by atoms with van der Waals surface area (Å²) < 4.78 is 5.07. The minimum Gasteiger partial charge on any atom is -0.449 e. The largest absolute Gasteiger partial charge is 0.449 e. The summed E-state index contributed by atoms with van der Waals surface area (Å²) in [7, 11) is 0. The van der Waals surface area contributed by atoms with Gasteiger partial charge in [-0.15, -0.1) is 0 Å². The van der Waals surface area contributed by atoms with E-state index in [0.717, 1.165) is 6.08 Å². The molecule has 2 aromatic rings. The number of ketones is 1. The van der Waals surface area contributed by atoms with E-state index < -0.39 is 18.0 Å². The number of esters is 1. The summed E-state index contributed by atoms with van der Waals surface area (Å²) in [6.07, 6.45) is 1.56. The maximum atomic E-state index is 12.1. The average Bonchev–Trinajstić information content (AvgIpc) is 2.61. The van der Waals surface area contributed by atoms with Gasteiger partial charge >= 0.3 is 5.97 Å². The molecule has 27 heavy (non-hydrogen) atoms. The highest BCUT2D eigenvalue weighted by Gasteiger charge is 2.17. The Morgan fingerprint density at radius 1 is 1.04 bits per heavy atom. The van der Waals surface area contributed by atoms with Crippen LogP contribution in [0, 0.1) is 0 Å². The predicted molar refractivity (Wildman–Crippen MR) is 106 cm³/mol. The lowest BCUT2D eigenvalue weighted by Crippen LogP contribution is -2.29. The molecule has 0 heterocycles. The number of Topliss-reactive ketones (excluding diaryl/α,β-unsaturated/α-hetero) is 1. The SMILES string of the molecule is CC(=O)c1ccc(NC(=O)[C@H](C)OC(=O)/C=C/c2c(Cl)cccc2Cl)cc1. The third kappa shape index (κ3) is 5.94. The molecule has 0 fully saturated rings. The van der Waals surface area contributed by atoms with Crippen LogP contribution in [0.1, 0.15) is 29.8 Å². The van der Waals surface area contributed by atoms with E-state index in [1.165, 1.54) is 19.9 Å². The van der Waals surface area contributed by atoms with E-state index in [4.69, 9.17) is 27.9 Å². The lowest BCUT2D eigenvalue weighted by molar-refractivity contribution is -0.148. The number of benzene rings is 2. The molecule has 0 bridgehead atoms. The van der Waals surface area contributed by atoms with Crippen molar-refractivity contribution in [2.45, 2.75) is 20.0 Å². The highest BCUT2D eigenvalue weighted by molar-refractivity contribution is 6.37. The fourth-order valence-corrected chi connectivity index (χ4v) is 2.64. The van der Waals surface area contributed by atoms with Gasteiger partial charge in [-0.2, -0.15) is 0 Å². The number of nitrogens with one attached hydrogen (secondary N) is 1. The third-order valence-electron chi connectivity index (χ3n) is 3.61. The van der Waals surface area contributed by atoms with Gasteiger partial charge in [0.05, 0.1) is 0 Å². The van der Waals surface area contributed by atoms with E-state index in [1.807, 2.05) is 0 Å². The molecule has 1 N–H and O–H groups in total. The number of carbonyl (C=O) groups excluding carboxylic acids is 3. The minimum absolute atomic E-state index is 0.0689. The van der Waals surface area contributed by atoms with Crippen LogP contribution < -0.4 is 5.32 Å². The molecule has 1 atom stereocenters. The summed E-state index contributed by atoms with van der Waals surface area (Å²) >= 11 is 12.0. The van der Waals surface area contributed by atoms with Gasteiger partial charge in [0.15, 0.2) is 11.9 Å². The van der Waals surface area contributed by atoms with E-state index in [1.54, 1.807) is 42.5 Å². The van der Waals surface area contributed by atoms with E-state index in [0.29, 0.717) is 26.9 Å². The summed E-state index contributed by atoms with van der Waals surface area (Å²) in [5, 5.41) is 3.40. The van der Waals surface area contributed by atoms with Crippen molar-refractivity contribution < 1.29 is 19.1 Å². The van der Waals surface area contributed by atoms with Crippen molar-refractivity contribution in [3.63, 3.8) is 0 Å². The van der Waals surface area contributed by atoms with Crippen molar-refractivity contribution in [3.8, 4) is 0 Å². The average molecular weight is 406 g/mol. The molecule has 0 aliphatic carbocycles. The van der Waals surface area contributed by atoms with Gasteiger partial charge < -0.3 is 10.1 Å². The van der Waals surface area contributed by atoms with E-state index in [9.17, 15) is 14.4 Å². The first-order valence-corrected chi connectivity index (χ1v) is 8.78. The van der Waals surface area contributed by atoms with Crippen LogP contribution in [0.5, 0.6) is 0 Å². The Balaban J connectivity index is 1.94. The molecule has 7 heteroatoms. The van der Waals surface area contributed by atoms with Crippen molar-refractivity contribution in [2.75, 3.05) is 5.32 Å². The van der Waals surface area contributed by atoms with Crippen LogP contribution in [0.25, 0.3) is 6.08 Å². The number of amides is 1. The smallest absolute Gasteiger partial charge is 0.331 e. The maximum Gasteiger partial charge on any atom is 0.331 e. The molecule has 2 rings (SSSR count). The fourth-order valence-electron chi connectivity index (χ4n) is 2.12. The van der Waals surface area contributed by atoms with E-state index in [-0.39, 0.29) is 5.78 Å². The van der Waals surface area contributed by atoms with Crippen LogP contribution in [0.15, 0.2) is 48.5 Å². The first kappa shape index (κ1) is 20.7. The lowest BCUT2D eigenvalue weighted by atomic mass is 10.1. The number of carbonyl (C=O) groups is 3. The Bertz CT molecular complexity index is 871. The standard InChI is InChI=1S/C20H17Cl2NO4/c1-12(24)14-6-8-15(9-7-14)23-20(26)13(2)27-19(25)11-10-16-17(21)4-3-5-18(16)22/h3-11,13H,1-2H3,(H,23,26)/b11-10+/t13-/m0/s1. The second-order valence-electron chi connectivity index (χ2n) is 5.67. The molecule has 0 spiro atoms. The van der Waals surface area contributed by atoms with Crippen molar-refractivity contribution >= 4 is 52.6 Å². The molecule has 0 unspecified atom stereocenters. The van der Waals surface area contributed by atoms with Gasteiger partial charge in [0.1, 0.15) is 0 Å². The molecular weight excluding hydrogens is 389 g/mol. The Labute approximate surface area is 166 Å². The van der Waals surface area contributed by atoms with Crippen LogP contribution in [-0.2, 0) is 14.3 Å². The van der Waals surface area contributed by atoms with Gasteiger partial charge in [-0.25, -0.2) is 4.79 Å². The molecule has 2 aromatic carbocycles. The lowest BCUT2D eigenvalue weighted by Gasteiger charge is -2.12. The molecule has 0 saturated carbocycles. The van der Waals surface area contributed by atoms with Crippen molar-refractivity contribution in [3.05, 3.63) is 69.7 Å². The van der Waals surface area contributed by atoms with Crippen LogP contribution in [0.3, 0.4) is 0 Å². The molecular formula is C20H17Cl2NO4. The van der Waals surface area contributed by atoms with Gasteiger partial charge in [-0.3, -0.25) is 9.59 Å². The summed E-state index contributed by atoms with van der Waals surface area (Å²) in [5.74, 6) is -1.27. The molecule has 140 valence electrons. The van der Waals surface area contributed by atoms with Gasteiger partial charge in [-0.1, -0.05) is 29.3 Å². The summed E-state index contributed by atoms with van der Waals surface area (Å²) in [6, 6.07) is 11.4. The highest BCUT2D eigenvalue weighted by atomic mass is 35.5. The fraction of sp³-hybridized carbons (Fsp3) is 0.150. The van der Waals surface area contributed by atoms with Crippen LogP contribution >= 0.6 is 23.2 Å². The second-order valence-corrected chi connectivity index (χ2v) is 6.48. The Hall–Kier alpha value is -2.63. The van der Waals surface area contributed by atoms with Crippen molar-refractivity contribution in [1.29, 1.82) is 0 Å². The number of anilines is 1. The molecule has 0 radical (unpaired) electrons. The Kier molecular flexibility index (Phi) is 7.16. The molecule has 0 aliphatic heterocycles. The zero-order valence-corrected chi connectivity index (χ0v) is 16.2. The van der Waals surface area contributed by atoms with E-state index >= 15 is 0 Å². The van der Waals surface area contributed by atoms with Gasteiger partial charge in [0, 0.05) is 32.9 Å². The quantitative estimate of drug-likeness (QED) is 0.426. The molecule has 5 nitrogen and oxygen atoms in total. The summed E-state index contributed by atoms with van der Waals surface area (Å²) in [6.45, 7) is 2.91. The Morgan fingerprint density at radius 3 is 2.19 bits per heavy atom. The van der Waals surface area contributed by atoms with Gasteiger partial charge in [0.2, 0.25) is 0 Å². The van der Waals surface area contributed by atoms with Gasteiger partial charge in [0.25, 0.3) is 5.91 Å². The van der Waals surface area contributed by atoms with Crippen LogP contribution in [0.4, 0.5) is 5.69 Å². The topological polar surface area (TPSA) is 72.5 Å². The molecule has 0 aliphatic rings. The number of ether oxygens (including phenoxy) is 1. The summed E-state index contributed by atoms with van der Waals surface area (Å²) in [4.78, 5) is 35.3. The van der Waals surface area contributed by atoms with Gasteiger partial charge in [-0.05, 0) is 56.3 Å². The number of hydrogen-bond donors (Lipinski definition) is 1. The minimum atomic E-state index is -1.02. The third-order valence-corrected chi connectivity index (χ3v) is 4.27. The molecule has 1 amide bonds. The van der Waals surface area contributed by atoms with Crippen LogP contribution in [-0.4, -0.2) is 23.8 Å². The molecule has 0 aromatic heterocycles. The van der Waals surface area contributed by atoms with E-state index in [2.05, 4.69) is 5.32 Å². The number of halogens is 2. The monoisotopic (exact) mass is 405 g/mol.